The first kappa shape index (κ1) is 45.2. The smallest absolute Gasteiger partial charge is 0.266 e. The summed E-state index contributed by atoms with van der Waals surface area (Å²) in [7, 11) is 0. The average Bonchev–Trinajstić information content (AvgIpc) is 3.92. The molecule has 2 aliphatic heterocycles. The van der Waals surface area contributed by atoms with E-state index in [9.17, 15) is 28.8 Å². The van der Waals surface area contributed by atoms with Gasteiger partial charge in [0.2, 0.25) is 11.8 Å². The Morgan fingerprint density at radius 2 is 1.61 bits per heavy atom. The third-order valence-electron chi connectivity index (χ3n) is 10.7. The van der Waals surface area contributed by atoms with Crippen LogP contribution in [-0.2, 0) is 33.4 Å². The number of anilines is 1. The molecule has 1 unspecified atom stereocenters. The van der Waals surface area contributed by atoms with Crippen LogP contribution in [-0.4, -0.2) is 125 Å². The van der Waals surface area contributed by atoms with E-state index in [1.807, 2.05) is 48.7 Å². The summed E-state index contributed by atoms with van der Waals surface area (Å²) < 4.78 is 29.6. The van der Waals surface area contributed by atoms with Gasteiger partial charge in [-0.3, -0.25) is 48.4 Å². The number of hydrogen-bond donors (Lipinski definition) is 3. The Bertz CT molecular complexity index is 2480. The highest BCUT2D eigenvalue weighted by Crippen LogP contribution is 2.34. The van der Waals surface area contributed by atoms with E-state index in [1.54, 1.807) is 12.4 Å². The maximum Gasteiger partial charge on any atom is 0.266 e. The lowest BCUT2D eigenvalue weighted by atomic mass is 10.0. The number of nitrogens with one attached hydrogen (secondary N) is 3. The van der Waals surface area contributed by atoms with Crippen LogP contribution in [0.15, 0.2) is 65.6 Å². The van der Waals surface area contributed by atoms with Gasteiger partial charge in [0.1, 0.15) is 29.1 Å². The van der Waals surface area contributed by atoms with Gasteiger partial charge in [0.15, 0.2) is 18.0 Å². The number of aryl methyl sites for hydroxylation is 2. The number of rotatable bonds is 24. The second kappa shape index (κ2) is 21.5. The summed E-state index contributed by atoms with van der Waals surface area (Å²) in [5.74, 6) is -1.36. The minimum atomic E-state index is -1.10. The number of ether oxygens (including phenoxy) is 4. The second-order valence-electron chi connectivity index (χ2n) is 15.2. The predicted octanol–water partition coefficient (Wildman–Crippen LogP) is 3.86. The number of amides is 5. The molecule has 336 valence electrons. The highest BCUT2D eigenvalue weighted by molar-refractivity contribution is 6.24. The van der Waals surface area contributed by atoms with Gasteiger partial charge in [-0.25, -0.2) is 4.98 Å². The van der Waals surface area contributed by atoms with Crippen LogP contribution in [0.3, 0.4) is 0 Å². The van der Waals surface area contributed by atoms with Gasteiger partial charge in [0.25, 0.3) is 17.7 Å². The minimum absolute atomic E-state index is 0.00884. The summed E-state index contributed by atoms with van der Waals surface area (Å²) in [6.45, 7) is 6.38. The van der Waals surface area contributed by atoms with Gasteiger partial charge in [0, 0.05) is 56.1 Å². The molecule has 5 heterocycles. The highest BCUT2D eigenvalue weighted by atomic mass is 16.5. The molecular weight excluding hydrogens is 829 g/mol. The van der Waals surface area contributed by atoms with E-state index in [0.29, 0.717) is 71.1 Å². The molecule has 3 aromatic heterocycles. The number of imidazole rings is 1. The van der Waals surface area contributed by atoms with Crippen molar-refractivity contribution in [3.8, 4) is 28.1 Å². The molecule has 19 heteroatoms. The molecule has 3 N–H and O–H groups in total. The molecule has 5 aromatic rings. The molecule has 0 bridgehead atoms. The number of carbonyl (C=O) groups is 6. The van der Waals surface area contributed by atoms with Crippen LogP contribution >= 0.6 is 0 Å². The van der Waals surface area contributed by atoms with Gasteiger partial charge in [0.05, 0.1) is 56.0 Å². The standard InChI is InChI=1S/C45H50N8O11/c1-28-39(29(2)64-51-28)30-10-12-31(13-11-30)41-42(52-18-17-46-26-36(52)49-41)48-25-32(54)7-3-4-19-60-21-23-62-24-22-61-20-6-16-47-38(56)27-63-35-9-5-8-33-40(35)45(59)53(44(33)58)34-14-15-37(55)50-43(34)57/h5,8-13,17-18,26,34,48H,3-4,6-7,14-16,19-25,27H2,1-2H3,(H,47,56)(H,50,55,57). The monoisotopic (exact) mass is 878 g/mol. The van der Waals surface area contributed by atoms with E-state index in [4.69, 9.17) is 28.5 Å². The molecule has 1 saturated heterocycles. The number of unbranched alkanes of at least 4 members (excludes halogenated alkanes) is 1. The largest absolute Gasteiger partial charge is 0.483 e. The molecule has 64 heavy (non-hydrogen) atoms. The molecular formula is C45H50N8O11. The number of ketones is 1. The zero-order valence-electron chi connectivity index (χ0n) is 35.7. The molecule has 19 nitrogen and oxygen atoms in total. The van der Waals surface area contributed by atoms with E-state index in [2.05, 4.69) is 26.1 Å². The van der Waals surface area contributed by atoms with Crippen molar-refractivity contribution < 1.29 is 52.2 Å². The van der Waals surface area contributed by atoms with Gasteiger partial charge in [-0.2, -0.15) is 0 Å². The Kier molecular flexibility index (Phi) is 15.2. The predicted molar refractivity (Wildman–Crippen MR) is 229 cm³/mol. The van der Waals surface area contributed by atoms with Gasteiger partial charge >= 0.3 is 0 Å². The van der Waals surface area contributed by atoms with Gasteiger partial charge in [-0.1, -0.05) is 35.5 Å². The third kappa shape index (κ3) is 10.8. The average molecular weight is 879 g/mol. The van der Waals surface area contributed by atoms with Crippen molar-refractivity contribution in [3.63, 3.8) is 0 Å². The van der Waals surface area contributed by atoms with Gasteiger partial charge in [-0.15, -0.1) is 0 Å². The number of fused-ring (bicyclic) bond motifs is 2. The quantitative estimate of drug-likeness (QED) is 0.0590. The van der Waals surface area contributed by atoms with Crippen molar-refractivity contribution in [1.29, 1.82) is 0 Å². The molecule has 7 rings (SSSR count). The van der Waals surface area contributed by atoms with E-state index in [0.717, 1.165) is 51.0 Å². The van der Waals surface area contributed by atoms with Crippen molar-refractivity contribution >= 4 is 46.8 Å². The maximum atomic E-state index is 13.2. The zero-order valence-corrected chi connectivity index (χ0v) is 35.7. The Hall–Kier alpha value is -6.83. The number of piperidine rings is 1. The molecule has 1 atom stereocenters. The van der Waals surface area contributed by atoms with Crippen molar-refractivity contribution in [1.82, 2.24) is 35.1 Å². The Labute approximate surface area is 368 Å². The maximum absolute atomic E-state index is 13.2. The Balaban J connectivity index is 0.703. The topological polar surface area (TPSA) is 235 Å². The van der Waals surface area contributed by atoms with Crippen LogP contribution in [0.2, 0.25) is 0 Å². The number of nitrogens with zero attached hydrogens (tertiary/aromatic N) is 5. The number of benzene rings is 2. The van der Waals surface area contributed by atoms with Crippen LogP contribution in [0.1, 0.15) is 70.7 Å². The molecule has 0 aliphatic carbocycles. The summed E-state index contributed by atoms with van der Waals surface area (Å²) in [6, 6.07) is 11.4. The summed E-state index contributed by atoms with van der Waals surface area (Å²) >= 11 is 0. The Morgan fingerprint density at radius 1 is 0.875 bits per heavy atom. The summed E-state index contributed by atoms with van der Waals surface area (Å²) in [5.41, 5.74) is 5.12. The third-order valence-corrected chi connectivity index (χ3v) is 10.7. The lowest BCUT2D eigenvalue weighted by molar-refractivity contribution is -0.136. The zero-order chi connectivity index (χ0) is 45.0. The molecule has 0 saturated carbocycles. The molecule has 0 radical (unpaired) electrons. The van der Waals surface area contributed by atoms with Crippen LogP contribution in [0, 0.1) is 13.8 Å². The van der Waals surface area contributed by atoms with Crippen LogP contribution in [0.4, 0.5) is 5.82 Å². The number of Topliss-reactive ketones (excluding diaryl/α,β-unsaturated/α-hetero) is 1. The van der Waals surface area contributed by atoms with Gasteiger partial charge in [-0.05, 0) is 57.2 Å². The molecule has 1 fully saturated rings. The van der Waals surface area contributed by atoms with Crippen LogP contribution in [0.25, 0.3) is 28.0 Å². The minimum Gasteiger partial charge on any atom is -0.483 e. The number of aromatic nitrogens is 4. The second-order valence-corrected chi connectivity index (χ2v) is 15.2. The van der Waals surface area contributed by atoms with E-state index >= 15 is 0 Å². The number of carbonyl (C=O) groups excluding carboxylic acids is 6. The lowest BCUT2D eigenvalue weighted by Gasteiger charge is -2.27. The lowest BCUT2D eigenvalue weighted by Crippen LogP contribution is -2.54. The molecule has 0 spiro atoms. The SMILES string of the molecule is Cc1noc(C)c1-c1ccc(-c2nc3cnccn3c2NCC(=O)CCCCOCCOCCOCCCNC(=O)COc2cccc3c2C(=O)N(C2CCC(=O)NC2=O)C3=O)cc1. The summed E-state index contributed by atoms with van der Waals surface area (Å²) in [6.07, 6.45) is 7.61. The fourth-order valence-corrected chi connectivity index (χ4v) is 7.51. The van der Waals surface area contributed by atoms with Crippen molar-refractivity contribution in [3.05, 3.63) is 83.6 Å². The van der Waals surface area contributed by atoms with Crippen molar-refractivity contribution in [2.45, 2.75) is 58.4 Å². The van der Waals surface area contributed by atoms with Crippen LogP contribution in [0.5, 0.6) is 5.75 Å². The fraction of sp³-hybridized carbons (Fsp3) is 0.400. The first-order valence-corrected chi connectivity index (χ1v) is 21.2. The number of imide groups is 2. The molecule has 2 aromatic carbocycles. The first-order chi connectivity index (χ1) is 31.1. The van der Waals surface area contributed by atoms with Crippen molar-refractivity contribution in [2.75, 3.05) is 64.7 Å². The molecule has 2 aliphatic rings. The molecule has 5 amide bonds. The van der Waals surface area contributed by atoms with E-state index in [-0.39, 0.29) is 42.0 Å². The van der Waals surface area contributed by atoms with Crippen LogP contribution < -0.4 is 20.7 Å². The summed E-state index contributed by atoms with van der Waals surface area (Å²) in [5, 5.41) is 12.3. The van der Waals surface area contributed by atoms with Crippen molar-refractivity contribution in [2.24, 2.45) is 0 Å². The fourth-order valence-electron chi connectivity index (χ4n) is 7.51. The normalized spacial score (nSPS) is 14.8. The van der Waals surface area contributed by atoms with Gasteiger partial charge < -0.3 is 34.1 Å². The number of hydrogen-bond acceptors (Lipinski definition) is 15. The Morgan fingerprint density at radius 3 is 2.34 bits per heavy atom. The van der Waals surface area contributed by atoms with E-state index < -0.39 is 42.2 Å². The highest BCUT2D eigenvalue weighted by Gasteiger charge is 2.46. The van der Waals surface area contributed by atoms with E-state index in [1.165, 1.54) is 18.2 Å². The first-order valence-electron chi connectivity index (χ1n) is 21.2. The summed E-state index contributed by atoms with van der Waals surface area (Å²) in [4.78, 5) is 85.2.